The van der Waals surface area contributed by atoms with Crippen LogP contribution in [0.3, 0.4) is 0 Å². The van der Waals surface area contributed by atoms with Crippen LogP contribution >= 0.6 is 0 Å². The second-order valence-electron chi connectivity index (χ2n) is 7.22. The highest BCUT2D eigenvalue weighted by molar-refractivity contribution is 5.74. The first-order valence-corrected chi connectivity index (χ1v) is 9.16. The second-order valence-corrected chi connectivity index (χ2v) is 7.22. The van der Waals surface area contributed by atoms with Crippen LogP contribution in [0.5, 0.6) is 0 Å². The van der Waals surface area contributed by atoms with E-state index < -0.39 is 0 Å². The number of aromatic nitrogens is 1. The third kappa shape index (κ3) is 4.30. The van der Waals surface area contributed by atoms with Gasteiger partial charge in [0.05, 0.1) is 12.2 Å². The Labute approximate surface area is 158 Å². The fourth-order valence-corrected chi connectivity index (χ4v) is 3.55. The molecule has 146 valence electrons. The van der Waals surface area contributed by atoms with Crippen molar-refractivity contribution in [2.75, 3.05) is 26.8 Å². The number of nitrogens with one attached hydrogen (secondary N) is 1. The van der Waals surface area contributed by atoms with Gasteiger partial charge >= 0.3 is 6.03 Å². The van der Waals surface area contributed by atoms with Gasteiger partial charge in [0.1, 0.15) is 11.6 Å². The molecule has 2 heterocycles. The molecule has 0 spiro atoms. The Kier molecular flexibility index (Phi) is 5.79. The lowest BCUT2D eigenvalue weighted by atomic mass is 9.74. The first-order chi connectivity index (χ1) is 12.9. The fourth-order valence-electron chi connectivity index (χ4n) is 3.55. The van der Waals surface area contributed by atoms with E-state index in [1.807, 2.05) is 13.8 Å². The lowest BCUT2D eigenvalue weighted by Gasteiger charge is -2.38. The van der Waals surface area contributed by atoms with E-state index in [9.17, 15) is 9.18 Å². The Morgan fingerprint density at radius 3 is 2.52 bits per heavy atom. The van der Waals surface area contributed by atoms with E-state index in [0.717, 1.165) is 35.4 Å². The number of hydrogen-bond acceptors (Lipinski definition) is 4. The molecule has 6 nitrogen and oxygen atoms in total. The maximum Gasteiger partial charge on any atom is 0.317 e. The Balaban J connectivity index is 1.68. The molecule has 0 bridgehead atoms. The van der Waals surface area contributed by atoms with Crippen molar-refractivity contribution in [3.8, 4) is 0 Å². The molecule has 0 radical (unpaired) electrons. The van der Waals surface area contributed by atoms with E-state index in [0.29, 0.717) is 26.3 Å². The molecular weight excluding hydrogens is 349 g/mol. The van der Waals surface area contributed by atoms with Crippen molar-refractivity contribution in [1.29, 1.82) is 0 Å². The molecule has 1 aromatic carbocycles. The van der Waals surface area contributed by atoms with Gasteiger partial charge in [0.2, 0.25) is 0 Å². The third-order valence-corrected chi connectivity index (χ3v) is 5.41. The van der Waals surface area contributed by atoms with Gasteiger partial charge in [-0.1, -0.05) is 17.3 Å². The molecule has 3 rings (SSSR count). The largest absolute Gasteiger partial charge is 0.381 e. The fraction of sp³-hybridized carbons (Fsp3) is 0.500. The van der Waals surface area contributed by atoms with Gasteiger partial charge < -0.3 is 19.5 Å². The van der Waals surface area contributed by atoms with Crippen LogP contribution in [-0.2, 0) is 16.7 Å². The predicted molar refractivity (Wildman–Crippen MR) is 99.0 cm³/mol. The number of rotatable bonds is 5. The molecule has 1 aromatic heterocycles. The van der Waals surface area contributed by atoms with Crippen molar-refractivity contribution < 1.29 is 18.4 Å². The summed E-state index contributed by atoms with van der Waals surface area (Å²) < 4.78 is 24.0. The number of benzene rings is 1. The first kappa shape index (κ1) is 19.4. The quantitative estimate of drug-likeness (QED) is 0.871. The highest BCUT2D eigenvalue weighted by atomic mass is 19.1. The third-order valence-electron chi connectivity index (χ3n) is 5.41. The summed E-state index contributed by atoms with van der Waals surface area (Å²) in [6.45, 7) is 5.87. The Morgan fingerprint density at radius 1 is 1.26 bits per heavy atom. The van der Waals surface area contributed by atoms with Crippen LogP contribution in [0.2, 0.25) is 0 Å². The van der Waals surface area contributed by atoms with Gasteiger partial charge in [-0.2, -0.15) is 0 Å². The van der Waals surface area contributed by atoms with Gasteiger partial charge in [-0.15, -0.1) is 0 Å². The predicted octanol–water partition coefficient (Wildman–Crippen LogP) is 3.32. The smallest absolute Gasteiger partial charge is 0.317 e. The van der Waals surface area contributed by atoms with Crippen molar-refractivity contribution in [2.45, 2.75) is 38.6 Å². The van der Waals surface area contributed by atoms with Crippen LogP contribution < -0.4 is 5.32 Å². The van der Waals surface area contributed by atoms with Crippen LogP contribution in [0.25, 0.3) is 0 Å². The van der Waals surface area contributed by atoms with Crippen LogP contribution in [0.15, 0.2) is 28.8 Å². The summed E-state index contributed by atoms with van der Waals surface area (Å²) in [5.41, 5.74) is 2.50. The zero-order valence-corrected chi connectivity index (χ0v) is 16.0. The highest BCUT2D eigenvalue weighted by Gasteiger charge is 2.35. The Morgan fingerprint density at radius 2 is 1.93 bits per heavy atom. The van der Waals surface area contributed by atoms with Crippen LogP contribution in [-0.4, -0.2) is 42.9 Å². The number of carbonyl (C=O) groups is 1. The number of ether oxygens (including phenoxy) is 1. The lowest BCUT2D eigenvalue weighted by Crippen LogP contribution is -2.47. The average Bonchev–Trinajstić information content (AvgIpc) is 2.99. The summed E-state index contributed by atoms with van der Waals surface area (Å²) in [6.07, 6.45) is 1.57. The molecule has 0 atom stereocenters. The Hall–Kier alpha value is -2.41. The second kappa shape index (κ2) is 8.08. The van der Waals surface area contributed by atoms with E-state index in [4.69, 9.17) is 9.26 Å². The topological polar surface area (TPSA) is 67.6 Å². The summed E-state index contributed by atoms with van der Waals surface area (Å²) in [7, 11) is 1.75. The van der Waals surface area contributed by atoms with E-state index in [-0.39, 0.29) is 17.3 Å². The zero-order chi connectivity index (χ0) is 19.4. The van der Waals surface area contributed by atoms with E-state index >= 15 is 0 Å². The number of hydrogen-bond donors (Lipinski definition) is 1. The summed E-state index contributed by atoms with van der Waals surface area (Å²) in [4.78, 5) is 14.3. The average molecular weight is 375 g/mol. The van der Waals surface area contributed by atoms with Gasteiger partial charge in [-0.05, 0) is 44.4 Å². The van der Waals surface area contributed by atoms with Crippen LogP contribution in [0.1, 0.15) is 35.4 Å². The van der Waals surface area contributed by atoms with Crippen molar-refractivity contribution in [2.24, 2.45) is 0 Å². The molecule has 1 N–H and O–H groups in total. The monoisotopic (exact) mass is 375 g/mol. The molecule has 1 fully saturated rings. The maximum absolute atomic E-state index is 13.3. The van der Waals surface area contributed by atoms with Gasteiger partial charge in [-0.3, -0.25) is 0 Å². The summed E-state index contributed by atoms with van der Waals surface area (Å²) >= 11 is 0. The number of halogens is 1. The molecule has 1 aliphatic rings. The minimum absolute atomic E-state index is 0.164. The molecule has 27 heavy (non-hydrogen) atoms. The molecule has 0 aliphatic carbocycles. The van der Waals surface area contributed by atoms with Crippen molar-refractivity contribution in [3.63, 3.8) is 0 Å². The number of amides is 2. The summed E-state index contributed by atoms with van der Waals surface area (Å²) in [6, 6.07) is 6.39. The van der Waals surface area contributed by atoms with Crippen molar-refractivity contribution >= 4 is 6.03 Å². The zero-order valence-electron chi connectivity index (χ0n) is 16.0. The molecule has 1 aliphatic heterocycles. The van der Waals surface area contributed by atoms with Crippen LogP contribution in [0.4, 0.5) is 9.18 Å². The molecule has 7 heteroatoms. The SMILES string of the molecule is Cc1noc(C)c1CN(C)C(=O)NCC1(c2ccc(F)cc2)CCOCC1. The minimum Gasteiger partial charge on any atom is -0.381 e. The summed E-state index contributed by atoms with van der Waals surface area (Å²) in [5, 5.41) is 6.97. The van der Waals surface area contributed by atoms with E-state index in [1.54, 1.807) is 24.1 Å². The standard InChI is InChI=1S/C20H26FN3O3/c1-14-18(15(2)27-23-14)12-24(3)19(25)22-13-20(8-10-26-11-9-20)16-4-6-17(21)7-5-16/h4-7H,8-13H2,1-3H3,(H,22,25). The molecule has 0 saturated carbocycles. The lowest BCUT2D eigenvalue weighted by molar-refractivity contribution is 0.0502. The van der Waals surface area contributed by atoms with Gasteiger partial charge in [0.25, 0.3) is 0 Å². The number of aryl methyl sites for hydroxylation is 2. The molecule has 2 amide bonds. The minimum atomic E-state index is -0.260. The number of carbonyl (C=O) groups excluding carboxylic acids is 1. The van der Waals surface area contributed by atoms with Crippen molar-refractivity contribution in [3.05, 3.63) is 52.7 Å². The van der Waals surface area contributed by atoms with E-state index in [1.165, 1.54) is 12.1 Å². The van der Waals surface area contributed by atoms with Gasteiger partial charge in [0, 0.05) is 37.8 Å². The van der Waals surface area contributed by atoms with E-state index in [2.05, 4.69) is 10.5 Å². The molecule has 0 unspecified atom stereocenters. The first-order valence-electron chi connectivity index (χ1n) is 9.16. The maximum atomic E-state index is 13.3. The summed E-state index contributed by atoms with van der Waals surface area (Å²) in [5.74, 6) is 0.462. The normalized spacial score (nSPS) is 16.1. The van der Waals surface area contributed by atoms with Crippen molar-refractivity contribution in [1.82, 2.24) is 15.4 Å². The van der Waals surface area contributed by atoms with Crippen LogP contribution in [0, 0.1) is 19.7 Å². The Bertz CT molecular complexity index is 763. The highest BCUT2D eigenvalue weighted by Crippen LogP contribution is 2.34. The number of urea groups is 1. The molecular formula is C20H26FN3O3. The molecule has 2 aromatic rings. The molecule has 1 saturated heterocycles. The van der Waals surface area contributed by atoms with Gasteiger partial charge in [-0.25, -0.2) is 9.18 Å². The number of nitrogens with zero attached hydrogens (tertiary/aromatic N) is 2. The van der Waals surface area contributed by atoms with Gasteiger partial charge in [0.15, 0.2) is 0 Å².